The highest BCUT2D eigenvalue weighted by Gasteiger charge is 1.97. The first-order chi connectivity index (χ1) is 13.4. The van der Waals surface area contributed by atoms with E-state index < -0.39 is 0 Å². The number of carbonyl (C=O) groups is 1. The summed E-state index contributed by atoms with van der Waals surface area (Å²) in [5.41, 5.74) is 0.784. The van der Waals surface area contributed by atoms with E-state index in [4.69, 9.17) is 0 Å². The summed E-state index contributed by atoms with van der Waals surface area (Å²) in [5.74, 6) is 1.17. The van der Waals surface area contributed by atoms with E-state index in [1.807, 2.05) is 30.0 Å². The molecule has 0 saturated heterocycles. The van der Waals surface area contributed by atoms with Crippen molar-refractivity contribution in [2.24, 2.45) is 0 Å². The summed E-state index contributed by atoms with van der Waals surface area (Å²) in [6.07, 6.45) is 23.6. The molecular formula is C25H42OS. The van der Waals surface area contributed by atoms with Crippen LogP contribution in [0.15, 0.2) is 29.2 Å². The Labute approximate surface area is 173 Å². The van der Waals surface area contributed by atoms with Crippen LogP contribution in [0.5, 0.6) is 0 Å². The topological polar surface area (TPSA) is 17.1 Å². The lowest BCUT2D eigenvalue weighted by molar-refractivity contribution is 0.112. The van der Waals surface area contributed by atoms with Crippen molar-refractivity contribution in [2.75, 3.05) is 5.75 Å². The van der Waals surface area contributed by atoms with E-state index in [9.17, 15) is 4.79 Å². The molecule has 0 atom stereocenters. The highest BCUT2D eigenvalue weighted by Crippen LogP contribution is 2.21. The van der Waals surface area contributed by atoms with Gasteiger partial charge >= 0.3 is 0 Å². The second-order valence-corrected chi connectivity index (χ2v) is 9.01. The molecule has 0 N–H and O–H groups in total. The van der Waals surface area contributed by atoms with Crippen molar-refractivity contribution in [3.63, 3.8) is 0 Å². The van der Waals surface area contributed by atoms with Crippen LogP contribution in [0.3, 0.4) is 0 Å². The molecule has 1 nitrogen and oxygen atoms in total. The highest BCUT2D eigenvalue weighted by atomic mass is 32.2. The summed E-state index contributed by atoms with van der Waals surface area (Å²) in [4.78, 5) is 12.0. The van der Waals surface area contributed by atoms with Gasteiger partial charge in [-0.2, -0.15) is 0 Å². The van der Waals surface area contributed by atoms with Crippen molar-refractivity contribution >= 4 is 18.0 Å². The Kier molecular flexibility index (Phi) is 16.7. The van der Waals surface area contributed by atoms with E-state index in [0.717, 1.165) is 11.8 Å². The Hall–Kier alpha value is -0.760. The van der Waals surface area contributed by atoms with Crippen LogP contribution in [-0.2, 0) is 0 Å². The van der Waals surface area contributed by atoms with E-state index in [-0.39, 0.29) is 0 Å². The molecule has 0 bridgehead atoms. The average molecular weight is 391 g/mol. The minimum atomic E-state index is 0.784. The molecule has 1 aromatic rings. The lowest BCUT2D eigenvalue weighted by Crippen LogP contribution is -1.85. The summed E-state index contributed by atoms with van der Waals surface area (Å²) < 4.78 is 0. The van der Waals surface area contributed by atoms with Crippen molar-refractivity contribution in [3.05, 3.63) is 29.8 Å². The van der Waals surface area contributed by atoms with Gasteiger partial charge in [-0.3, -0.25) is 4.79 Å². The van der Waals surface area contributed by atoms with E-state index in [2.05, 4.69) is 13.0 Å². The number of unbranched alkanes of at least 4 members (excludes halogenated alkanes) is 15. The molecule has 0 aromatic heterocycles. The molecule has 0 saturated carbocycles. The molecule has 1 rings (SSSR count). The first-order valence-electron chi connectivity index (χ1n) is 11.5. The first kappa shape index (κ1) is 24.3. The molecule has 154 valence electrons. The first-order valence-corrected chi connectivity index (χ1v) is 12.5. The van der Waals surface area contributed by atoms with E-state index in [0.29, 0.717) is 0 Å². The number of carbonyl (C=O) groups excluding carboxylic acids is 1. The second kappa shape index (κ2) is 18.6. The summed E-state index contributed by atoms with van der Waals surface area (Å²) in [6.45, 7) is 2.29. The fourth-order valence-electron chi connectivity index (χ4n) is 3.52. The third-order valence-electron chi connectivity index (χ3n) is 5.26. The van der Waals surface area contributed by atoms with E-state index in [1.165, 1.54) is 113 Å². The van der Waals surface area contributed by atoms with Gasteiger partial charge in [0.2, 0.25) is 0 Å². The smallest absolute Gasteiger partial charge is 0.150 e. The van der Waals surface area contributed by atoms with Crippen molar-refractivity contribution in [1.29, 1.82) is 0 Å². The summed E-state index contributed by atoms with van der Waals surface area (Å²) >= 11 is 1.88. The van der Waals surface area contributed by atoms with Crippen molar-refractivity contribution in [2.45, 2.75) is 115 Å². The number of thioether (sulfide) groups is 1. The van der Waals surface area contributed by atoms with Crippen LogP contribution in [0.4, 0.5) is 0 Å². The third-order valence-corrected chi connectivity index (χ3v) is 6.34. The van der Waals surface area contributed by atoms with Gasteiger partial charge in [-0.1, -0.05) is 115 Å². The maximum Gasteiger partial charge on any atom is 0.150 e. The maximum atomic E-state index is 10.8. The monoisotopic (exact) mass is 390 g/mol. The molecule has 0 unspecified atom stereocenters. The van der Waals surface area contributed by atoms with Gasteiger partial charge in [-0.15, -0.1) is 11.8 Å². The largest absolute Gasteiger partial charge is 0.298 e. The Morgan fingerprint density at radius 3 is 1.67 bits per heavy atom. The molecule has 2 heteroatoms. The third kappa shape index (κ3) is 14.9. The fourth-order valence-corrected chi connectivity index (χ4v) is 4.50. The lowest BCUT2D eigenvalue weighted by atomic mass is 10.0. The standard InChI is InChI=1S/C25H42OS/c1-2-3-4-5-6-7-8-9-10-11-12-13-14-15-16-17-21-27-25-20-18-19-24(22-25)23-26/h18-20,22-23H,2-17,21H2,1H3. The minimum absolute atomic E-state index is 0.784. The summed E-state index contributed by atoms with van der Waals surface area (Å²) in [7, 11) is 0. The van der Waals surface area contributed by atoms with Crippen molar-refractivity contribution in [1.82, 2.24) is 0 Å². The van der Waals surface area contributed by atoms with Crippen LogP contribution in [0.2, 0.25) is 0 Å². The van der Waals surface area contributed by atoms with Gasteiger partial charge in [0.1, 0.15) is 6.29 Å². The molecule has 0 aliphatic rings. The Balaban J connectivity index is 1.77. The second-order valence-electron chi connectivity index (χ2n) is 7.84. The van der Waals surface area contributed by atoms with Gasteiger partial charge in [0.25, 0.3) is 0 Å². The van der Waals surface area contributed by atoms with Gasteiger partial charge in [0, 0.05) is 10.5 Å². The lowest BCUT2D eigenvalue weighted by Gasteiger charge is -2.04. The van der Waals surface area contributed by atoms with Crippen molar-refractivity contribution < 1.29 is 4.79 Å². The van der Waals surface area contributed by atoms with Crippen LogP contribution in [0.1, 0.15) is 120 Å². The zero-order valence-electron chi connectivity index (χ0n) is 17.7. The van der Waals surface area contributed by atoms with Crippen LogP contribution >= 0.6 is 11.8 Å². The molecule has 0 amide bonds. The number of rotatable bonds is 19. The SMILES string of the molecule is CCCCCCCCCCCCCCCCCCSc1cccc(C=O)c1. The van der Waals surface area contributed by atoms with Gasteiger partial charge in [-0.05, 0) is 24.3 Å². The van der Waals surface area contributed by atoms with Gasteiger partial charge in [0.15, 0.2) is 0 Å². The van der Waals surface area contributed by atoms with Gasteiger partial charge < -0.3 is 0 Å². The molecule has 1 aromatic carbocycles. The number of hydrogen-bond acceptors (Lipinski definition) is 2. The van der Waals surface area contributed by atoms with Crippen LogP contribution < -0.4 is 0 Å². The van der Waals surface area contributed by atoms with Gasteiger partial charge in [0.05, 0.1) is 0 Å². The Morgan fingerprint density at radius 1 is 0.704 bits per heavy atom. The summed E-state index contributed by atoms with van der Waals surface area (Å²) in [6, 6.07) is 7.93. The average Bonchev–Trinajstić information content (AvgIpc) is 2.70. The molecule has 0 aliphatic heterocycles. The van der Waals surface area contributed by atoms with Crippen LogP contribution in [0, 0.1) is 0 Å². The number of aldehydes is 1. The molecule has 0 fully saturated rings. The quantitative estimate of drug-likeness (QED) is 0.133. The zero-order valence-corrected chi connectivity index (χ0v) is 18.5. The van der Waals surface area contributed by atoms with Crippen LogP contribution in [-0.4, -0.2) is 12.0 Å². The van der Waals surface area contributed by atoms with Crippen LogP contribution in [0.25, 0.3) is 0 Å². The Morgan fingerprint density at radius 2 is 1.19 bits per heavy atom. The fraction of sp³-hybridized carbons (Fsp3) is 0.720. The Bertz CT molecular complexity index is 457. The van der Waals surface area contributed by atoms with Gasteiger partial charge in [-0.25, -0.2) is 0 Å². The van der Waals surface area contributed by atoms with E-state index in [1.54, 1.807) is 0 Å². The maximum absolute atomic E-state index is 10.8. The number of hydrogen-bond donors (Lipinski definition) is 0. The molecule has 27 heavy (non-hydrogen) atoms. The molecular weight excluding hydrogens is 348 g/mol. The molecule has 0 aliphatic carbocycles. The normalized spacial score (nSPS) is 11.0. The number of benzene rings is 1. The predicted molar refractivity (Wildman–Crippen MR) is 122 cm³/mol. The minimum Gasteiger partial charge on any atom is -0.298 e. The summed E-state index contributed by atoms with van der Waals surface area (Å²) in [5, 5.41) is 0. The predicted octanol–water partition coefficient (Wildman–Crippen LogP) is 8.85. The molecule has 0 spiro atoms. The zero-order chi connectivity index (χ0) is 19.4. The molecule has 0 heterocycles. The van der Waals surface area contributed by atoms with E-state index >= 15 is 0 Å². The van der Waals surface area contributed by atoms with Crippen molar-refractivity contribution in [3.8, 4) is 0 Å². The highest BCUT2D eigenvalue weighted by molar-refractivity contribution is 7.99. The molecule has 0 radical (unpaired) electrons.